The fourth-order valence-electron chi connectivity index (χ4n) is 3.50. The van der Waals surface area contributed by atoms with Crippen LogP contribution in [0.2, 0.25) is 0 Å². The van der Waals surface area contributed by atoms with Gasteiger partial charge in [0.1, 0.15) is 12.1 Å². The van der Waals surface area contributed by atoms with Gasteiger partial charge in [0.05, 0.1) is 31.0 Å². The average Bonchev–Trinajstić information content (AvgIpc) is 2.61. The maximum atomic E-state index is 12.9. The number of nitrogen functional groups attached to an aromatic ring is 1. The molecule has 1 aliphatic heterocycles. The number of aromatic nitrogens is 2. The van der Waals surface area contributed by atoms with Gasteiger partial charge in [-0.05, 0) is 23.6 Å². The second-order valence-electron chi connectivity index (χ2n) is 7.65. The number of benzene rings is 1. The predicted octanol–water partition coefficient (Wildman–Crippen LogP) is 0.815. The summed E-state index contributed by atoms with van der Waals surface area (Å²) < 4.78 is 28.0. The van der Waals surface area contributed by atoms with Gasteiger partial charge in [0.25, 0.3) is 10.1 Å². The normalized spacial score (nSPS) is 18.7. The summed E-state index contributed by atoms with van der Waals surface area (Å²) in [7, 11) is -3.60. The number of carbonyl (C=O) groups excluding carboxylic acids is 1. The van der Waals surface area contributed by atoms with E-state index in [2.05, 4.69) is 9.97 Å². The molecule has 1 aromatic carbocycles. The van der Waals surface area contributed by atoms with Crippen LogP contribution in [0.25, 0.3) is 10.9 Å². The minimum Gasteiger partial charge on any atom is -0.383 e. The molecule has 0 aliphatic carbocycles. The summed E-state index contributed by atoms with van der Waals surface area (Å²) in [6.45, 7) is 5.76. The Balaban J connectivity index is 1.82. The quantitative estimate of drug-likeness (QED) is 0.654. The molecule has 3 rings (SSSR count). The first kappa shape index (κ1) is 21.4. The number of nitrogens with two attached hydrogens (primary N) is 1. The van der Waals surface area contributed by atoms with Gasteiger partial charge in [-0.3, -0.25) is 13.9 Å². The van der Waals surface area contributed by atoms with Crippen LogP contribution in [-0.4, -0.2) is 72.6 Å². The smallest absolute Gasteiger partial charge is 0.264 e. The number of fused-ring (bicyclic) bond motifs is 1. The van der Waals surface area contributed by atoms with Gasteiger partial charge in [-0.15, -0.1) is 0 Å². The SMILES string of the molecule is C[C](C)CN1CC(=O)N(Cc2ccc3c(N)ncnc3c2)[C@@H](COS(C)(=O)=O)C1. The summed E-state index contributed by atoms with van der Waals surface area (Å²) in [4.78, 5) is 24.8. The molecular weight excluding hydrogens is 394 g/mol. The van der Waals surface area contributed by atoms with Crippen molar-refractivity contribution in [3.8, 4) is 0 Å². The molecule has 0 spiro atoms. The maximum absolute atomic E-state index is 12.9. The Labute approximate surface area is 171 Å². The Morgan fingerprint density at radius 2 is 2.07 bits per heavy atom. The molecule has 1 aliphatic rings. The van der Waals surface area contributed by atoms with Crippen molar-refractivity contribution >= 4 is 32.7 Å². The molecule has 9 nitrogen and oxygen atoms in total. The van der Waals surface area contributed by atoms with Crippen molar-refractivity contribution < 1.29 is 17.4 Å². The van der Waals surface area contributed by atoms with Crippen LogP contribution in [-0.2, 0) is 25.6 Å². The van der Waals surface area contributed by atoms with Crippen molar-refractivity contribution in [1.29, 1.82) is 0 Å². The van der Waals surface area contributed by atoms with Gasteiger partial charge in [-0.25, -0.2) is 9.97 Å². The first-order chi connectivity index (χ1) is 13.6. The molecule has 1 fully saturated rings. The molecule has 10 heteroatoms. The van der Waals surface area contributed by atoms with E-state index in [0.717, 1.165) is 17.2 Å². The van der Waals surface area contributed by atoms with Crippen molar-refractivity contribution in [2.24, 2.45) is 0 Å². The second-order valence-corrected chi connectivity index (χ2v) is 9.30. The first-order valence-electron chi connectivity index (χ1n) is 9.27. The lowest BCUT2D eigenvalue weighted by Crippen LogP contribution is -2.58. The van der Waals surface area contributed by atoms with Crippen LogP contribution in [0, 0.1) is 5.92 Å². The molecule has 1 aromatic heterocycles. The van der Waals surface area contributed by atoms with E-state index in [-0.39, 0.29) is 25.1 Å². The zero-order chi connectivity index (χ0) is 21.2. The number of anilines is 1. The minimum atomic E-state index is -3.60. The Hall–Kier alpha value is -2.30. The molecule has 2 heterocycles. The number of nitrogens with zero attached hydrogens (tertiary/aromatic N) is 4. The fraction of sp³-hybridized carbons (Fsp3) is 0.474. The zero-order valence-electron chi connectivity index (χ0n) is 16.8. The average molecular weight is 421 g/mol. The number of hydrogen-bond acceptors (Lipinski definition) is 8. The lowest BCUT2D eigenvalue weighted by Gasteiger charge is -2.41. The van der Waals surface area contributed by atoms with Crippen LogP contribution in [0.4, 0.5) is 5.82 Å². The van der Waals surface area contributed by atoms with Crippen molar-refractivity contribution in [1.82, 2.24) is 19.8 Å². The molecule has 1 radical (unpaired) electrons. The van der Waals surface area contributed by atoms with Gasteiger partial charge in [0, 0.05) is 25.0 Å². The largest absolute Gasteiger partial charge is 0.383 e. The maximum Gasteiger partial charge on any atom is 0.264 e. The van der Waals surface area contributed by atoms with Crippen LogP contribution >= 0.6 is 0 Å². The van der Waals surface area contributed by atoms with Crippen LogP contribution in [0.15, 0.2) is 24.5 Å². The highest BCUT2D eigenvalue weighted by Crippen LogP contribution is 2.22. The number of hydrogen-bond donors (Lipinski definition) is 1. The van der Waals surface area contributed by atoms with E-state index in [9.17, 15) is 13.2 Å². The molecule has 0 bridgehead atoms. The van der Waals surface area contributed by atoms with Crippen molar-refractivity contribution in [2.45, 2.75) is 26.4 Å². The van der Waals surface area contributed by atoms with E-state index in [1.807, 2.05) is 36.9 Å². The van der Waals surface area contributed by atoms with Gasteiger partial charge in [-0.1, -0.05) is 19.9 Å². The van der Waals surface area contributed by atoms with Gasteiger partial charge in [0.2, 0.25) is 5.91 Å². The summed E-state index contributed by atoms with van der Waals surface area (Å²) >= 11 is 0. The van der Waals surface area contributed by atoms with Crippen LogP contribution in [0.1, 0.15) is 19.4 Å². The second kappa shape index (κ2) is 8.60. The molecule has 157 valence electrons. The lowest BCUT2D eigenvalue weighted by molar-refractivity contribution is -0.141. The Kier molecular flexibility index (Phi) is 6.35. The van der Waals surface area contributed by atoms with E-state index in [4.69, 9.17) is 9.92 Å². The highest BCUT2D eigenvalue weighted by molar-refractivity contribution is 7.85. The third kappa shape index (κ3) is 5.62. The van der Waals surface area contributed by atoms with Crippen molar-refractivity contribution in [2.75, 3.05) is 38.2 Å². The standard InChI is InChI=1S/C19H26N5O4S/c1-13(2)7-23-9-15(11-28-29(3,26)27)24(18(25)10-23)8-14-4-5-16-17(6-14)21-12-22-19(16)20/h4-6,12,15H,7-11H2,1-3H3,(H2,20,21,22)/t15-/m1/s1. The van der Waals surface area contributed by atoms with E-state index >= 15 is 0 Å². The van der Waals surface area contributed by atoms with Crippen LogP contribution in [0.5, 0.6) is 0 Å². The van der Waals surface area contributed by atoms with E-state index in [1.165, 1.54) is 12.2 Å². The zero-order valence-corrected chi connectivity index (χ0v) is 17.6. The van der Waals surface area contributed by atoms with E-state index < -0.39 is 10.1 Å². The highest BCUT2D eigenvalue weighted by Gasteiger charge is 2.33. The molecule has 2 N–H and O–H groups in total. The molecule has 1 amide bonds. The lowest BCUT2D eigenvalue weighted by atomic mass is 10.1. The molecule has 0 saturated carbocycles. The highest BCUT2D eigenvalue weighted by atomic mass is 32.2. The number of amides is 1. The molecule has 0 unspecified atom stereocenters. The third-order valence-corrected chi connectivity index (χ3v) is 5.25. The number of carbonyl (C=O) groups is 1. The van der Waals surface area contributed by atoms with Gasteiger partial charge < -0.3 is 10.6 Å². The predicted molar refractivity (Wildman–Crippen MR) is 110 cm³/mol. The summed E-state index contributed by atoms with van der Waals surface area (Å²) in [6, 6.07) is 5.19. The Morgan fingerprint density at radius 3 is 2.76 bits per heavy atom. The van der Waals surface area contributed by atoms with Crippen molar-refractivity contribution in [3.63, 3.8) is 0 Å². The van der Waals surface area contributed by atoms with Gasteiger partial charge in [-0.2, -0.15) is 8.42 Å². The van der Waals surface area contributed by atoms with Gasteiger partial charge >= 0.3 is 0 Å². The first-order valence-corrected chi connectivity index (χ1v) is 11.1. The van der Waals surface area contributed by atoms with Gasteiger partial charge in [0.15, 0.2) is 0 Å². The fourth-order valence-corrected chi connectivity index (χ4v) is 3.90. The van der Waals surface area contributed by atoms with Crippen LogP contribution in [0.3, 0.4) is 0 Å². The molecular formula is C19H26N5O4S. The monoisotopic (exact) mass is 420 g/mol. The topological polar surface area (TPSA) is 119 Å². The minimum absolute atomic E-state index is 0.0677. The third-order valence-electron chi connectivity index (χ3n) is 4.69. The number of piperazine rings is 1. The summed E-state index contributed by atoms with van der Waals surface area (Å²) in [5.74, 6) is 1.51. The summed E-state index contributed by atoms with van der Waals surface area (Å²) in [5.41, 5.74) is 7.44. The Bertz CT molecular complexity index is 995. The van der Waals surface area contributed by atoms with Crippen molar-refractivity contribution in [3.05, 3.63) is 36.0 Å². The summed E-state index contributed by atoms with van der Waals surface area (Å²) in [5, 5.41) is 0.748. The van der Waals surface area contributed by atoms with Crippen LogP contribution < -0.4 is 5.73 Å². The summed E-state index contributed by atoms with van der Waals surface area (Å²) in [6.07, 6.45) is 2.41. The van der Waals surface area contributed by atoms with E-state index in [1.54, 1.807) is 4.90 Å². The van der Waals surface area contributed by atoms with E-state index in [0.29, 0.717) is 31.0 Å². The molecule has 2 aromatic rings. The molecule has 1 atom stereocenters. The number of rotatable bonds is 7. The Morgan fingerprint density at radius 1 is 1.31 bits per heavy atom. The molecule has 1 saturated heterocycles. The molecule has 29 heavy (non-hydrogen) atoms.